The average Bonchev–Trinajstić information content (AvgIpc) is 2.03. The third kappa shape index (κ3) is 1.42. The largest absolute Gasteiger partial charge is 0.508 e. The number of nitrogens with two attached hydrogens (primary N) is 1. The minimum Gasteiger partial charge on any atom is -0.508 e. The maximum Gasteiger partial charge on any atom is 0.115 e. The minimum absolute atomic E-state index is 0.132. The van der Waals surface area contributed by atoms with E-state index in [2.05, 4.69) is 6.92 Å². The molecule has 13 heavy (non-hydrogen) atoms. The maximum absolute atomic E-state index is 9.12. The molecule has 1 fully saturated rings. The summed E-state index contributed by atoms with van der Waals surface area (Å²) in [6.07, 6.45) is 2.11. The zero-order valence-corrected chi connectivity index (χ0v) is 7.83. The Labute approximate surface area is 78.4 Å². The lowest BCUT2D eigenvalue weighted by Gasteiger charge is -2.44. The molecule has 0 heterocycles. The predicted molar refractivity (Wildman–Crippen MR) is 52.4 cm³/mol. The highest BCUT2D eigenvalue weighted by atomic mass is 16.3. The van der Waals surface area contributed by atoms with Crippen molar-refractivity contribution in [2.75, 3.05) is 0 Å². The molecule has 70 valence electrons. The van der Waals surface area contributed by atoms with Gasteiger partial charge in [0.05, 0.1) is 0 Å². The predicted octanol–water partition coefficient (Wildman–Crippen LogP) is 1.98. The molecule has 0 radical (unpaired) electrons. The van der Waals surface area contributed by atoms with E-state index in [1.54, 1.807) is 12.1 Å². The van der Waals surface area contributed by atoms with Gasteiger partial charge in [-0.05, 0) is 36.5 Å². The van der Waals surface area contributed by atoms with E-state index < -0.39 is 0 Å². The molecule has 0 aliphatic heterocycles. The highest BCUT2D eigenvalue weighted by Crippen LogP contribution is 2.43. The Bertz CT molecular complexity index is 298. The SMILES string of the molecule is CC1CC(N)(c2ccc(O)cc2)C1. The molecule has 0 saturated heterocycles. The lowest BCUT2D eigenvalue weighted by molar-refractivity contribution is 0.164. The van der Waals surface area contributed by atoms with Crippen LogP contribution in [0.4, 0.5) is 0 Å². The maximum atomic E-state index is 9.12. The van der Waals surface area contributed by atoms with Crippen molar-refractivity contribution in [2.24, 2.45) is 11.7 Å². The van der Waals surface area contributed by atoms with E-state index in [1.807, 2.05) is 12.1 Å². The van der Waals surface area contributed by atoms with Crippen molar-refractivity contribution in [3.05, 3.63) is 29.8 Å². The summed E-state index contributed by atoms with van der Waals surface area (Å²) in [6, 6.07) is 7.24. The van der Waals surface area contributed by atoms with E-state index in [9.17, 15) is 0 Å². The third-order valence-corrected chi connectivity index (χ3v) is 2.87. The zero-order chi connectivity index (χ0) is 9.47. The summed E-state index contributed by atoms with van der Waals surface area (Å²) >= 11 is 0. The second kappa shape index (κ2) is 2.74. The van der Waals surface area contributed by atoms with Crippen LogP contribution in [0.25, 0.3) is 0 Å². The lowest BCUT2D eigenvalue weighted by atomic mass is 9.66. The van der Waals surface area contributed by atoms with E-state index in [4.69, 9.17) is 10.8 Å². The van der Waals surface area contributed by atoms with Crippen LogP contribution < -0.4 is 5.73 Å². The Morgan fingerprint density at radius 2 is 1.85 bits per heavy atom. The van der Waals surface area contributed by atoms with Crippen LogP contribution in [0.15, 0.2) is 24.3 Å². The molecular weight excluding hydrogens is 162 g/mol. The van der Waals surface area contributed by atoms with Crippen molar-refractivity contribution in [3.8, 4) is 5.75 Å². The van der Waals surface area contributed by atoms with Crippen molar-refractivity contribution in [1.29, 1.82) is 0 Å². The van der Waals surface area contributed by atoms with Gasteiger partial charge in [0.1, 0.15) is 5.75 Å². The molecule has 1 aromatic carbocycles. The number of hydrogen-bond acceptors (Lipinski definition) is 2. The van der Waals surface area contributed by atoms with Crippen LogP contribution in [-0.4, -0.2) is 5.11 Å². The van der Waals surface area contributed by atoms with Gasteiger partial charge in [-0.25, -0.2) is 0 Å². The molecule has 0 amide bonds. The van der Waals surface area contributed by atoms with Crippen LogP contribution in [0, 0.1) is 5.92 Å². The molecule has 2 nitrogen and oxygen atoms in total. The topological polar surface area (TPSA) is 46.2 Å². The summed E-state index contributed by atoms with van der Waals surface area (Å²) in [7, 11) is 0. The Morgan fingerprint density at radius 1 is 1.31 bits per heavy atom. The highest BCUT2D eigenvalue weighted by Gasteiger charge is 2.39. The summed E-state index contributed by atoms with van der Waals surface area (Å²) in [6.45, 7) is 2.21. The first-order valence-corrected chi connectivity index (χ1v) is 4.68. The molecule has 0 atom stereocenters. The average molecular weight is 177 g/mol. The summed E-state index contributed by atoms with van der Waals surface area (Å²) < 4.78 is 0. The summed E-state index contributed by atoms with van der Waals surface area (Å²) in [5.41, 5.74) is 7.19. The molecule has 0 bridgehead atoms. The molecule has 1 aromatic rings. The Kier molecular flexibility index (Phi) is 1.81. The van der Waals surface area contributed by atoms with Crippen LogP contribution >= 0.6 is 0 Å². The van der Waals surface area contributed by atoms with Crippen LogP contribution in [-0.2, 0) is 5.54 Å². The van der Waals surface area contributed by atoms with Gasteiger partial charge in [0.25, 0.3) is 0 Å². The van der Waals surface area contributed by atoms with Crippen LogP contribution in [0.5, 0.6) is 5.75 Å². The first kappa shape index (κ1) is 8.57. The summed E-state index contributed by atoms with van der Waals surface area (Å²) in [5.74, 6) is 1.04. The number of phenols is 1. The molecule has 1 aliphatic rings. The van der Waals surface area contributed by atoms with Crippen molar-refractivity contribution >= 4 is 0 Å². The van der Waals surface area contributed by atoms with Gasteiger partial charge in [-0.15, -0.1) is 0 Å². The summed E-state index contributed by atoms with van der Waals surface area (Å²) in [4.78, 5) is 0. The second-order valence-corrected chi connectivity index (χ2v) is 4.22. The van der Waals surface area contributed by atoms with E-state index in [0.29, 0.717) is 5.75 Å². The van der Waals surface area contributed by atoms with Crippen molar-refractivity contribution in [3.63, 3.8) is 0 Å². The fourth-order valence-corrected chi connectivity index (χ4v) is 2.21. The monoisotopic (exact) mass is 177 g/mol. The van der Waals surface area contributed by atoms with Gasteiger partial charge in [0, 0.05) is 5.54 Å². The molecule has 1 aliphatic carbocycles. The fraction of sp³-hybridized carbons (Fsp3) is 0.455. The van der Waals surface area contributed by atoms with Gasteiger partial charge in [-0.3, -0.25) is 0 Å². The first-order valence-electron chi connectivity index (χ1n) is 4.68. The van der Waals surface area contributed by atoms with Gasteiger partial charge in [-0.2, -0.15) is 0 Å². The Hall–Kier alpha value is -1.02. The van der Waals surface area contributed by atoms with Crippen molar-refractivity contribution < 1.29 is 5.11 Å². The van der Waals surface area contributed by atoms with Crippen LogP contribution in [0.1, 0.15) is 25.3 Å². The fourth-order valence-electron chi connectivity index (χ4n) is 2.21. The lowest BCUT2D eigenvalue weighted by Crippen LogP contribution is -2.47. The number of aromatic hydroxyl groups is 1. The van der Waals surface area contributed by atoms with Crippen LogP contribution in [0.2, 0.25) is 0 Å². The highest BCUT2D eigenvalue weighted by molar-refractivity contribution is 5.32. The van der Waals surface area contributed by atoms with E-state index in [1.165, 1.54) is 0 Å². The molecule has 3 N–H and O–H groups in total. The van der Waals surface area contributed by atoms with Crippen LogP contribution in [0.3, 0.4) is 0 Å². The molecular formula is C11H15NO. The Morgan fingerprint density at radius 3 is 2.31 bits per heavy atom. The third-order valence-electron chi connectivity index (χ3n) is 2.87. The molecule has 0 unspecified atom stereocenters. The quantitative estimate of drug-likeness (QED) is 0.689. The Balaban J connectivity index is 2.22. The van der Waals surface area contributed by atoms with Crippen molar-refractivity contribution in [1.82, 2.24) is 0 Å². The van der Waals surface area contributed by atoms with Gasteiger partial charge in [0.2, 0.25) is 0 Å². The van der Waals surface area contributed by atoms with Crippen molar-refractivity contribution in [2.45, 2.75) is 25.3 Å². The molecule has 0 aromatic heterocycles. The van der Waals surface area contributed by atoms with E-state index in [0.717, 1.165) is 24.3 Å². The van der Waals surface area contributed by atoms with E-state index >= 15 is 0 Å². The summed E-state index contributed by atoms with van der Waals surface area (Å²) in [5, 5.41) is 9.12. The van der Waals surface area contributed by atoms with Gasteiger partial charge in [-0.1, -0.05) is 19.1 Å². The molecule has 2 heteroatoms. The standard InChI is InChI=1S/C11H15NO/c1-8-6-11(12,7-8)9-2-4-10(13)5-3-9/h2-5,8,13H,6-7,12H2,1H3. The number of phenolic OH excluding ortho intramolecular Hbond substituents is 1. The second-order valence-electron chi connectivity index (χ2n) is 4.22. The number of benzene rings is 1. The van der Waals surface area contributed by atoms with Gasteiger partial charge in [0.15, 0.2) is 0 Å². The minimum atomic E-state index is -0.132. The number of rotatable bonds is 1. The molecule has 1 saturated carbocycles. The number of hydrogen-bond donors (Lipinski definition) is 2. The molecule has 2 rings (SSSR count). The van der Waals surface area contributed by atoms with E-state index in [-0.39, 0.29) is 5.54 Å². The smallest absolute Gasteiger partial charge is 0.115 e. The first-order chi connectivity index (χ1) is 6.10. The zero-order valence-electron chi connectivity index (χ0n) is 7.83. The normalized spacial score (nSPS) is 32.6. The van der Waals surface area contributed by atoms with Gasteiger partial charge < -0.3 is 10.8 Å². The molecule has 0 spiro atoms. The van der Waals surface area contributed by atoms with Gasteiger partial charge >= 0.3 is 0 Å².